The van der Waals surface area contributed by atoms with E-state index in [1.54, 1.807) is 31.2 Å². The molecule has 14 heteroatoms. The third kappa shape index (κ3) is 9.21. The lowest BCUT2D eigenvalue weighted by molar-refractivity contribution is -0.334. The molecule has 0 aromatic heterocycles. The number of benzene rings is 1. The maximum absolute atomic E-state index is 11.7. The number of aliphatic hydroxyl groups is 7. The van der Waals surface area contributed by atoms with E-state index in [-0.39, 0.29) is 12.3 Å². The van der Waals surface area contributed by atoms with Crippen molar-refractivity contribution in [2.75, 3.05) is 25.5 Å². The minimum absolute atomic E-state index is 0.0306. The van der Waals surface area contributed by atoms with Crippen molar-refractivity contribution in [2.24, 2.45) is 5.92 Å². The van der Waals surface area contributed by atoms with Gasteiger partial charge in [-0.2, -0.15) is 12.6 Å². The van der Waals surface area contributed by atoms with Crippen LogP contribution >= 0.6 is 12.6 Å². The van der Waals surface area contributed by atoms with E-state index in [0.29, 0.717) is 37.3 Å². The first-order valence-corrected chi connectivity index (χ1v) is 14.4. The van der Waals surface area contributed by atoms with Crippen molar-refractivity contribution >= 4 is 18.5 Å². The molecule has 1 amide bonds. The van der Waals surface area contributed by atoms with Crippen LogP contribution in [0.25, 0.3) is 0 Å². The fourth-order valence-corrected chi connectivity index (χ4v) is 4.98. The summed E-state index contributed by atoms with van der Waals surface area (Å²) in [5, 5.41) is 74.3. The molecule has 2 saturated heterocycles. The largest absolute Gasteiger partial charge is 0.462 e. The molecule has 2 fully saturated rings. The molecule has 2 heterocycles. The second kappa shape index (κ2) is 16.3. The molecule has 2 aliphatic heterocycles. The summed E-state index contributed by atoms with van der Waals surface area (Å²) in [7, 11) is 0. The highest BCUT2D eigenvalue weighted by atomic mass is 32.1. The van der Waals surface area contributed by atoms with Crippen LogP contribution in [0.5, 0.6) is 5.75 Å². The summed E-state index contributed by atoms with van der Waals surface area (Å²) >= 11 is 4.09. The lowest BCUT2D eigenvalue weighted by atomic mass is 9.87. The van der Waals surface area contributed by atoms with Crippen LogP contribution in [-0.2, 0) is 25.4 Å². The molecule has 0 aliphatic carbocycles. The summed E-state index contributed by atoms with van der Waals surface area (Å²) in [5.41, 5.74) is 0.937. The Morgan fingerprint density at radius 1 is 1.12 bits per heavy atom. The Kier molecular flexibility index (Phi) is 13.5. The average Bonchev–Trinajstić information content (AvgIpc) is 2.97. The minimum atomic E-state index is -1.55. The monoisotopic (exact) mass is 605 g/mol. The summed E-state index contributed by atoms with van der Waals surface area (Å²) in [5.74, 6) is 0.338. The molecular weight excluding hydrogens is 562 g/mol. The summed E-state index contributed by atoms with van der Waals surface area (Å²) in [6.45, 7) is 0.743. The first kappa shape index (κ1) is 33.9. The molecule has 234 valence electrons. The third-order valence-electron chi connectivity index (χ3n) is 7.39. The summed E-state index contributed by atoms with van der Waals surface area (Å²) in [6, 6.07) is 6.90. The van der Waals surface area contributed by atoms with Crippen molar-refractivity contribution in [3.8, 4) is 5.75 Å². The Morgan fingerprint density at radius 2 is 1.83 bits per heavy atom. The summed E-state index contributed by atoms with van der Waals surface area (Å²) in [4.78, 5) is 11.7. The van der Waals surface area contributed by atoms with Crippen LogP contribution in [0.2, 0.25) is 0 Å². The molecule has 4 unspecified atom stereocenters. The third-order valence-corrected chi connectivity index (χ3v) is 7.71. The SMILES string of the molecule is C[C@H]1C([C@H](O)[C@H](O)CO)OC(O[C@@H]2C(O)[C@H](Oc3ccc(CCNC(=O)CCCS)cc3)OC(CO)[C@@H]2O)C[C@H]1O. The van der Waals surface area contributed by atoms with Crippen LogP contribution in [0.15, 0.2) is 24.3 Å². The minimum Gasteiger partial charge on any atom is -0.462 e. The van der Waals surface area contributed by atoms with Gasteiger partial charge in [0, 0.05) is 25.3 Å². The van der Waals surface area contributed by atoms with Crippen molar-refractivity contribution < 1.29 is 59.5 Å². The topological polar surface area (TPSA) is 208 Å². The van der Waals surface area contributed by atoms with E-state index < -0.39 is 80.5 Å². The Bertz CT molecular complexity index is 926. The lowest BCUT2D eigenvalue weighted by Crippen LogP contribution is -2.62. The van der Waals surface area contributed by atoms with Crippen molar-refractivity contribution in [3.63, 3.8) is 0 Å². The van der Waals surface area contributed by atoms with E-state index in [1.165, 1.54) is 0 Å². The molecule has 41 heavy (non-hydrogen) atoms. The van der Waals surface area contributed by atoms with E-state index >= 15 is 0 Å². The van der Waals surface area contributed by atoms with Crippen molar-refractivity contribution in [1.82, 2.24) is 5.32 Å². The zero-order valence-corrected chi connectivity index (χ0v) is 23.8. The average molecular weight is 606 g/mol. The molecule has 0 bridgehead atoms. The smallest absolute Gasteiger partial charge is 0.229 e. The van der Waals surface area contributed by atoms with Crippen molar-refractivity contribution in [3.05, 3.63) is 29.8 Å². The molecule has 8 N–H and O–H groups in total. The molecule has 2 aliphatic rings. The molecule has 1 aromatic carbocycles. The number of carbonyl (C=O) groups excluding carboxylic acids is 1. The maximum Gasteiger partial charge on any atom is 0.229 e. The van der Waals surface area contributed by atoms with Crippen LogP contribution in [0.4, 0.5) is 0 Å². The molecule has 1 aromatic rings. The van der Waals surface area contributed by atoms with Gasteiger partial charge in [0.15, 0.2) is 6.29 Å². The van der Waals surface area contributed by atoms with Gasteiger partial charge in [-0.05, 0) is 36.3 Å². The quantitative estimate of drug-likeness (QED) is 0.106. The zero-order valence-electron chi connectivity index (χ0n) is 22.9. The number of carbonyl (C=O) groups is 1. The second-order valence-corrected chi connectivity index (χ2v) is 10.9. The molecule has 0 radical (unpaired) electrons. The highest BCUT2D eigenvalue weighted by Gasteiger charge is 2.49. The molecular formula is C27H43NO12S. The Hall–Kier alpha value is -1.56. The number of hydrogen-bond acceptors (Lipinski definition) is 13. The van der Waals surface area contributed by atoms with Gasteiger partial charge in [-0.15, -0.1) is 0 Å². The second-order valence-electron chi connectivity index (χ2n) is 10.4. The first-order valence-electron chi connectivity index (χ1n) is 13.8. The molecule has 13 nitrogen and oxygen atoms in total. The fraction of sp³-hybridized carbons (Fsp3) is 0.741. The van der Waals surface area contributed by atoms with Gasteiger partial charge in [0.25, 0.3) is 0 Å². The zero-order chi connectivity index (χ0) is 30.1. The fourth-order valence-electron chi connectivity index (χ4n) is 4.82. The molecule has 0 saturated carbocycles. The van der Waals surface area contributed by atoms with E-state index in [1.807, 2.05) is 0 Å². The summed E-state index contributed by atoms with van der Waals surface area (Å²) < 4.78 is 23.0. The van der Waals surface area contributed by atoms with Crippen molar-refractivity contribution in [1.29, 1.82) is 0 Å². The Balaban J connectivity index is 1.62. The van der Waals surface area contributed by atoms with Crippen molar-refractivity contribution in [2.45, 2.75) is 94.0 Å². The number of rotatable bonds is 14. The van der Waals surface area contributed by atoms with Gasteiger partial charge in [-0.3, -0.25) is 4.79 Å². The van der Waals surface area contributed by atoms with Gasteiger partial charge >= 0.3 is 0 Å². The first-order chi connectivity index (χ1) is 19.6. The van der Waals surface area contributed by atoms with Crippen LogP contribution in [0.3, 0.4) is 0 Å². The molecule has 3 rings (SSSR count). The molecule has 0 spiro atoms. The van der Waals surface area contributed by atoms with Gasteiger partial charge < -0.3 is 60.0 Å². The number of amides is 1. The van der Waals surface area contributed by atoms with Gasteiger partial charge in [-0.25, -0.2) is 0 Å². The van der Waals surface area contributed by atoms with Crippen LogP contribution < -0.4 is 10.1 Å². The van der Waals surface area contributed by atoms with Crippen LogP contribution in [0.1, 0.15) is 31.7 Å². The number of ether oxygens (including phenoxy) is 4. The molecule has 11 atom stereocenters. The normalized spacial score (nSPS) is 33.6. The number of hydrogen-bond donors (Lipinski definition) is 9. The van der Waals surface area contributed by atoms with Gasteiger partial charge in [0.2, 0.25) is 12.2 Å². The van der Waals surface area contributed by atoms with Gasteiger partial charge in [-0.1, -0.05) is 19.1 Å². The van der Waals surface area contributed by atoms with Gasteiger partial charge in [0.05, 0.1) is 25.4 Å². The predicted molar refractivity (Wildman–Crippen MR) is 147 cm³/mol. The Morgan fingerprint density at radius 3 is 2.46 bits per heavy atom. The number of nitrogens with one attached hydrogen (secondary N) is 1. The van der Waals surface area contributed by atoms with E-state index in [9.17, 15) is 40.5 Å². The standard InChI is InChI=1S/C27H43NO12S/c1-14-17(31)11-21(39-25(14)22(34)18(32)12-29)40-26-23(35)19(13-30)38-27(24(26)36)37-16-6-4-15(5-7-16)8-9-28-20(33)3-2-10-41/h4-7,14,17-19,21-27,29-32,34-36,41H,2-3,8-13H2,1H3,(H,28,33)/t14-,17-,18-,19?,21?,22-,23+,24?,25?,26+,27-/m1/s1. The van der Waals surface area contributed by atoms with Crippen LogP contribution in [0, 0.1) is 5.92 Å². The van der Waals surface area contributed by atoms with E-state index in [0.717, 1.165) is 5.56 Å². The van der Waals surface area contributed by atoms with Gasteiger partial charge in [0.1, 0.15) is 42.4 Å². The number of thiol groups is 1. The highest BCUT2D eigenvalue weighted by molar-refractivity contribution is 7.80. The predicted octanol–water partition coefficient (Wildman–Crippen LogP) is -1.92. The highest BCUT2D eigenvalue weighted by Crippen LogP contribution is 2.33. The van der Waals surface area contributed by atoms with Crippen LogP contribution in [-0.4, -0.2) is 129 Å². The van der Waals surface area contributed by atoms with E-state index in [4.69, 9.17) is 18.9 Å². The Labute approximate surface area is 244 Å². The van der Waals surface area contributed by atoms with E-state index in [2.05, 4.69) is 17.9 Å². The summed E-state index contributed by atoms with van der Waals surface area (Å²) in [6.07, 6.45) is -11.7. The lowest BCUT2D eigenvalue weighted by Gasteiger charge is -2.45. The number of aliphatic hydroxyl groups excluding tert-OH is 7. The maximum atomic E-state index is 11.7.